The molecule has 0 N–H and O–H groups in total. The van der Waals surface area contributed by atoms with Crippen LogP contribution in [0.3, 0.4) is 0 Å². The number of fused-ring (bicyclic) bond motifs is 1. The Balaban J connectivity index is 1.62. The van der Waals surface area contributed by atoms with Gasteiger partial charge in [0, 0.05) is 30.3 Å². The second-order valence-corrected chi connectivity index (χ2v) is 9.57. The van der Waals surface area contributed by atoms with Crippen LogP contribution < -0.4 is 0 Å². The number of pyridine rings is 1. The van der Waals surface area contributed by atoms with Gasteiger partial charge >= 0.3 is 0 Å². The van der Waals surface area contributed by atoms with Crippen molar-refractivity contribution in [2.24, 2.45) is 0 Å². The van der Waals surface area contributed by atoms with E-state index in [1.165, 1.54) is 10.5 Å². The van der Waals surface area contributed by atoms with E-state index in [1.807, 2.05) is 0 Å². The van der Waals surface area contributed by atoms with Crippen molar-refractivity contribution in [2.75, 3.05) is 13.1 Å². The molecular formula is C15H16ClN5O2S2. The van der Waals surface area contributed by atoms with Crippen molar-refractivity contribution in [3.8, 4) is 0 Å². The van der Waals surface area contributed by atoms with Gasteiger partial charge in [0.05, 0.1) is 13.9 Å². The molecule has 0 radical (unpaired) electrons. The number of halogens is 1. The Morgan fingerprint density at radius 3 is 2.80 bits per heavy atom. The molecule has 0 unspecified atom stereocenters. The first kappa shape index (κ1) is 13.6. The average Bonchev–Trinajstić information content (AvgIpc) is 3.27. The maximum Gasteiger partial charge on any atom is 0.254 e. The monoisotopic (exact) mass is 400 g/mol. The Hall–Kier alpha value is -1.55. The van der Waals surface area contributed by atoms with Crippen LogP contribution in [0.4, 0.5) is 0 Å². The minimum atomic E-state index is -3.59. The first-order valence-corrected chi connectivity index (χ1v) is 10.3. The van der Waals surface area contributed by atoms with E-state index in [1.54, 1.807) is 6.92 Å². The molecule has 1 aliphatic rings. The number of aryl methyl sites for hydroxylation is 1. The van der Waals surface area contributed by atoms with Gasteiger partial charge < -0.3 is 0 Å². The smallest absolute Gasteiger partial charge is 0.249 e. The Kier molecular flexibility index (Phi) is 3.44. The van der Waals surface area contributed by atoms with Crippen molar-refractivity contribution in [3.05, 3.63) is 40.3 Å². The Labute approximate surface area is 158 Å². The molecule has 0 bridgehead atoms. The predicted octanol–water partition coefficient (Wildman–Crippen LogP) is 2.72. The molecule has 3 aromatic rings. The van der Waals surface area contributed by atoms with Gasteiger partial charge in [-0.2, -0.15) is 9.40 Å². The molecule has 0 spiro atoms. The third-order valence-electron chi connectivity index (χ3n) is 4.24. The van der Waals surface area contributed by atoms with E-state index in [2.05, 4.69) is 15.1 Å². The van der Waals surface area contributed by atoms with Crippen molar-refractivity contribution in [1.29, 1.82) is 0 Å². The van der Waals surface area contributed by atoms with Crippen LogP contribution in [0.25, 0.3) is 5.65 Å². The van der Waals surface area contributed by atoms with Gasteiger partial charge in [0.1, 0.15) is 7.67 Å². The van der Waals surface area contributed by atoms with Crippen LogP contribution in [0.2, 0.25) is 5.02 Å². The normalized spacial score (nSPS) is 19.0. The minimum absolute atomic E-state index is 0.0126. The van der Waals surface area contributed by atoms with Crippen molar-refractivity contribution in [1.82, 2.24) is 23.9 Å². The number of thiazole rings is 1. The van der Waals surface area contributed by atoms with Crippen LogP contribution in [0.15, 0.2) is 28.9 Å². The second-order valence-electron chi connectivity index (χ2n) is 5.79. The van der Waals surface area contributed by atoms with Gasteiger partial charge in [0.15, 0.2) is 9.86 Å². The molecule has 0 atom stereocenters. The molecule has 10 heteroatoms. The van der Waals surface area contributed by atoms with Gasteiger partial charge in [-0.25, -0.2) is 22.9 Å². The molecule has 132 valence electrons. The van der Waals surface area contributed by atoms with Crippen molar-refractivity contribution in [2.45, 2.75) is 29.9 Å². The van der Waals surface area contributed by atoms with Gasteiger partial charge in [-0.05, 0) is 31.2 Å². The molecule has 1 saturated heterocycles. The van der Waals surface area contributed by atoms with E-state index < -0.39 is 10.0 Å². The maximum absolute atomic E-state index is 12.8. The molecule has 0 amide bonds. The minimum Gasteiger partial charge on any atom is -0.249 e. The molecular weight excluding hydrogens is 382 g/mol. The summed E-state index contributed by atoms with van der Waals surface area (Å²) in [7, 11) is -3.59. The fourth-order valence-corrected chi connectivity index (χ4v) is 5.95. The molecule has 0 saturated carbocycles. The second kappa shape index (κ2) is 6.31. The van der Waals surface area contributed by atoms with Crippen LogP contribution in [0, 0.1) is 6.92 Å². The fourth-order valence-electron chi connectivity index (χ4n) is 2.94. The van der Waals surface area contributed by atoms with Gasteiger partial charge in [0.25, 0.3) is 10.0 Å². The molecule has 1 fully saturated rings. The highest BCUT2D eigenvalue weighted by Crippen LogP contribution is 2.35. The predicted molar refractivity (Wildman–Crippen MR) is 95.6 cm³/mol. The zero-order valence-corrected chi connectivity index (χ0v) is 15.6. The molecule has 4 rings (SSSR count). The highest BCUT2D eigenvalue weighted by molar-refractivity contribution is 7.91. The van der Waals surface area contributed by atoms with Crippen molar-refractivity contribution < 1.29 is 12.5 Å². The maximum atomic E-state index is 12.8. The van der Waals surface area contributed by atoms with E-state index >= 15 is 0 Å². The molecule has 7 nitrogen and oxygen atoms in total. The fraction of sp³-hybridized carbons (Fsp3) is 0.400. The lowest BCUT2D eigenvalue weighted by atomic mass is 9.91. The molecule has 4 heterocycles. The Morgan fingerprint density at radius 2 is 2.12 bits per heavy atom. The topological polar surface area (TPSA) is 80.5 Å². The third kappa shape index (κ3) is 3.05. The summed E-state index contributed by atoms with van der Waals surface area (Å²) in [5, 5.41) is 4.67. The number of hydrogen-bond acceptors (Lipinski definition) is 6. The van der Waals surface area contributed by atoms with Crippen LogP contribution in [-0.4, -0.2) is 45.4 Å². The van der Waals surface area contributed by atoms with Crippen molar-refractivity contribution >= 4 is 38.6 Å². The van der Waals surface area contributed by atoms with Gasteiger partial charge in [-0.15, -0.1) is 11.3 Å². The quantitative estimate of drug-likeness (QED) is 0.675. The molecule has 0 aliphatic carbocycles. The SMILES string of the molecule is [2H]c1nc2c([2H])c(Cl)c(C3CCN(S(=O)(=O)c4cnc(C)s4)CC3)c([2H])n2n1. The number of aromatic nitrogens is 4. The molecule has 3 aromatic heterocycles. The number of nitrogens with zero attached hydrogens (tertiary/aromatic N) is 5. The van der Waals surface area contributed by atoms with E-state index in [-0.39, 0.29) is 52.4 Å². The first-order valence-electron chi connectivity index (χ1n) is 9.14. The summed E-state index contributed by atoms with van der Waals surface area (Å²) in [4.78, 5) is 7.86. The zero-order valence-electron chi connectivity index (χ0n) is 16.2. The number of piperidine rings is 1. The first-order chi connectivity index (χ1) is 13.2. The van der Waals surface area contributed by atoms with E-state index in [0.29, 0.717) is 23.4 Å². The lowest BCUT2D eigenvalue weighted by Crippen LogP contribution is -2.37. The summed E-state index contributed by atoms with van der Waals surface area (Å²) in [5.41, 5.74) is 0.527. The van der Waals surface area contributed by atoms with Crippen molar-refractivity contribution in [3.63, 3.8) is 0 Å². The van der Waals surface area contributed by atoms with E-state index in [9.17, 15) is 8.42 Å². The standard InChI is InChI=1S/C15H16ClN5O2S2/c1-10-17-7-15(24-10)25(22,23)20-4-2-11(3-5-20)12-8-21-14(6-13(12)16)18-9-19-21/h6-9,11H,2-5H2,1H3/i6D,8D,9D. The average molecular weight is 401 g/mol. The van der Waals surface area contributed by atoms with Crippen LogP contribution >= 0.6 is 22.9 Å². The summed E-state index contributed by atoms with van der Waals surface area (Å²) >= 11 is 7.50. The number of rotatable bonds is 3. The Morgan fingerprint density at radius 1 is 1.36 bits per heavy atom. The summed E-state index contributed by atoms with van der Waals surface area (Å²) in [6.07, 6.45) is 2.02. The summed E-state index contributed by atoms with van der Waals surface area (Å²) in [5.74, 6) is -0.179. The zero-order chi connectivity index (χ0) is 20.2. The third-order valence-corrected chi connectivity index (χ3v) is 7.79. The highest BCUT2D eigenvalue weighted by Gasteiger charge is 2.32. The van der Waals surface area contributed by atoms with E-state index in [4.69, 9.17) is 15.7 Å². The molecule has 0 aromatic carbocycles. The summed E-state index contributed by atoms with van der Waals surface area (Å²) < 4.78 is 52.5. The lowest BCUT2D eigenvalue weighted by molar-refractivity contribution is 0.319. The summed E-state index contributed by atoms with van der Waals surface area (Å²) in [6, 6.07) is -0.0751. The van der Waals surface area contributed by atoms with Gasteiger partial charge in [-0.3, -0.25) is 0 Å². The van der Waals surface area contributed by atoms with Crippen LogP contribution in [0.1, 0.15) is 33.4 Å². The molecule has 25 heavy (non-hydrogen) atoms. The van der Waals surface area contributed by atoms with Crippen LogP contribution in [0.5, 0.6) is 0 Å². The Bertz CT molecular complexity index is 1170. The van der Waals surface area contributed by atoms with E-state index in [0.717, 1.165) is 15.9 Å². The number of sulfonamides is 1. The van der Waals surface area contributed by atoms with Gasteiger partial charge in [-0.1, -0.05) is 11.6 Å². The highest BCUT2D eigenvalue weighted by atomic mass is 35.5. The van der Waals surface area contributed by atoms with Gasteiger partial charge in [0.2, 0.25) is 0 Å². The number of hydrogen-bond donors (Lipinski definition) is 0. The lowest BCUT2D eigenvalue weighted by Gasteiger charge is -2.31. The molecule has 1 aliphatic heterocycles. The largest absolute Gasteiger partial charge is 0.254 e. The summed E-state index contributed by atoms with van der Waals surface area (Å²) in [6.45, 7) is 2.33. The van der Waals surface area contributed by atoms with Crippen LogP contribution in [-0.2, 0) is 10.0 Å².